The fourth-order valence-corrected chi connectivity index (χ4v) is 4.14. The third-order valence-corrected chi connectivity index (χ3v) is 6.33. The van der Waals surface area contributed by atoms with E-state index in [1.165, 1.54) is 11.3 Å². The number of hydrogen-bond donors (Lipinski definition) is 3. The SMILES string of the molecule is COc1cccc(C(=O)NCCc2nnc(NC(=O)c3ccc(C)c(NC(=O)c4ccccc4)c3)s2)c1. The lowest BCUT2D eigenvalue weighted by molar-refractivity contribution is 0.0952. The van der Waals surface area contributed by atoms with Crippen LogP contribution in [0.4, 0.5) is 10.8 Å². The lowest BCUT2D eigenvalue weighted by Crippen LogP contribution is -2.25. The number of anilines is 2. The lowest BCUT2D eigenvalue weighted by atomic mass is 10.1. The van der Waals surface area contributed by atoms with Crippen molar-refractivity contribution in [1.82, 2.24) is 15.5 Å². The van der Waals surface area contributed by atoms with Gasteiger partial charge in [0.15, 0.2) is 0 Å². The van der Waals surface area contributed by atoms with Crippen LogP contribution in [0, 0.1) is 6.92 Å². The quantitative estimate of drug-likeness (QED) is 0.305. The van der Waals surface area contributed by atoms with E-state index in [1.54, 1.807) is 73.8 Å². The lowest BCUT2D eigenvalue weighted by Gasteiger charge is -2.10. The third-order valence-electron chi connectivity index (χ3n) is 5.43. The monoisotopic (exact) mass is 515 g/mol. The summed E-state index contributed by atoms with van der Waals surface area (Å²) in [7, 11) is 1.55. The van der Waals surface area contributed by atoms with Crippen LogP contribution < -0.4 is 20.7 Å². The van der Waals surface area contributed by atoms with E-state index in [4.69, 9.17) is 4.74 Å². The highest BCUT2D eigenvalue weighted by Gasteiger charge is 2.14. The molecule has 188 valence electrons. The van der Waals surface area contributed by atoms with Crippen LogP contribution in [-0.2, 0) is 6.42 Å². The molecule has 0 unspecified atom stereocenters. The Labute approximate surface area is 217 Å². The van der Waals surface area contributed by atoms with Crippen molar-refractivity contribution in [3.8, 4) is 5.75 Å². The molecule has 37 heavy (non-hydrogen) atoms. The van der Waals surface area contributed by atoms with Gasteiger partial charge >= 0.3 is 0 Å². The van der Waals surface area contributed by atoms with Crippen molar-refractivity contribution in [2.24, 2.45) is 0 Å². The van der Waals surface area contributed by atoms with Crippen molar-refractivity contribution < 1.29 is 19.1 Å². The molecular formula is C27H25N5O4S. The van der Waals surface area contributed by atoms with Crippen LogP contribution in [-0.4, -0.2) is 41.6 Å². The van der Waals surface area contributed by atoms with Crippen LogP contribution in [0.2, 0.25) is 0 Å². The minimum atomic E-state index is -0.371. The number of aromatic nitrogens is 2. The fraction of sp³-hybridized carbons (Fsp3) is 0.148. The molecule has 3 aromatic carbocycles. The van der Waals surface area contributed by atoms with Crippen molar-refractivity contribution >= 4 is 39.9 Å². The van der Waals surface area contributed by atoms with Gasteiger partial charge in [-0.1, -0.05) is 41.7 Å². The molecule has 4 rings (SSSR count). The van der Waals surface area contributed by atoms with Gasteiger partial charge in [-0.25, -0.2) is 0 Å². The standard InChI is InChI=1S/C27H25N5O4S/c1-17-11-12-20(16-22(17)29-25(34)18-7-4-3-5-8-18)26(35)30-27-32-31-23(37-27)13-14-28-24(33)19-9-6-10-21(15-19)36-2/h3-12,15-16H,13-14H2,1-2H3,(H,28,33)(H,29,34)(H,30,32,35). The number of carbonyl (C=O) groups excluding carboxylic acids is 3. The molecule has 0 atom stereocenters. The molecule has 9 nitrogen and oxygen atoms in total. The molecule has 0 saturated carbocycles. The Morgan fingerprint density at radius 1 is 0.811 bits per heavy atom. The normalized spacial score (nSPS) is 10.4. The highest BCUT2D eigenvalue weighted by molar-refractivity contribution is 7.15. The number of nitrogens with zero attached hydrogens (tertiary/aromatic N) is 2. The molecule has 0 bridgehead atoms. The summed E-state index contributed by atoms with van der Waals surface area (Å²) in [6.07, 6.45) is 0.462. The zero-order valence-electron chi connectivity index (χ0n) is 20.3. The Hall–Kier alpha value is -4.57. The van der Waals surface area contributed by atoms with Crippen molar-refractivity contribution in [2.75, 3.05) is 24.3 Å². The van der Waals surface area contributed by atoms with Gasteiger partial charge in [0.05, 0.1) is 7.11 Å². The Morgan fingerprint density at radius 2 is 1.54 bits per heavy atom. The highest BCUT2D eigenvalue weighted by Crippen LogP contribution is 2.21. The number of benzene rings is 3. The van der Waals surface area contributed by atoms with Gasteiger partial charge in [-0.3, -0.25) is 19.7 Å². The smallest absolute Gasteiger partial charge is 0.257 e. The number of hydrogen-bond acceptors (Lipinski definition) is 7. The van der Waals surface area contributed by atoms with Gasteiger partial charge < -0.3 is 15.4 Å². The predicted molar refractivity (Wildman–Crippen MR) is 142 cm³/mol. The van der Waals surface area contributed by atoms with Crippen LogP contribution in [0.15, 0.2) is 72.8 Å². The molecule has 3 amide bonds. The van der Waals surface area contributed by atoms with Crippen LogP contribution in [0.1, 0.15) is 41.6 Å². The van der Waals surface area contributed by atoms with E-state index in [0.717, 1.165) is 5.56 Å². The molecule has 4 aromatic rings. The zero-order valence-corrected chi connectivity index (χ0v) is 21.1. The van der Waals surface area contributed by atoms with Gasteiger partial charge in [0.25, 0.3) is 17.7 Å². The van der Waals surface area contributed by atoms with Crippen molar-refractivity contribution in [2.45, 2.75) is 13.3 Å². The number of methoxy groups -OCH3 is 1. The maximum atomic E-state index is 12.8. The van der Waals surface area contributed by atoms with Gasteiger partial charge in [-0.15, -0.1) is 10.2 Å². The van der Waals surface area contributed by atoms with E-state index in [1.807, 2.05) is 13.0 Å². The summed E-state index contributed by atoms with van der Waals surface area (Å²) in [4.78, 5) is 37.6. The molecular weight excluding hydrogens is 490 g/mol. The summed E-state index contributed by atoms with van der Waals surface area (Å²) in [6, 6.07) is 20.8. The maximum absolute atomic E-state index is 12.8. The summed E-state index contributed by atoms with van der Waals surface area (Å²) in [5.41, 5.74) is 2.78. The first kappa shape index (κ1) is 25.5. The van der Waals surface area contributed by atoms with E-state index in [2.05, 4.69) is 26.1 Å². The second-order valence-electron chi connectivity index (χ2n) is 8.04. The molecule has 0 aliphatic heterocycles. The van der Waals surface area contributed by atoms with E-state index in [9.17, 15) is 14.4 Å². The first-order chi connectivity index (χ1) is 17.9. The van der Waals surface area contributed by atoms with Gasteiger partial charge in [-0.2, -0.15) is 0 Å². The number of carbonyl (C=O) groups is 3. The number of amides is 3. The van der Waals surface area contributed by atoms with Gasteiger partial charge in [0, 0.05) is 35.3 Å². The molecule has 0 aliphatic rings. The van der Waals surface area contributed by atoms with Crippen molar-refractivity contribution in [3.05, 3.63) is 100 Å². The Morgan fingerprint density at radius 3 is 2.32 bits per heavy atom. The Balaban J connectivity index is 1.32. The summed E-state index contributed by atoms with van der Waals surface area (Å²) >= 11 is 1.23. The molecule has 0 aliphatic carbocycles. The van der Waals surface area contributed by atoms with Crippen molar-refractivity contribution in [3.63, 3.8) is 0 Å². The van der Waals surface area contributed by atoms with E-state index in [-0.39, 0.29) is 17.7 Å². The van der Waals surface area contributed by atoms with Gasteiger partial charge in [0.2, 0.25) is 5.13 Å². The highest BCUT2D eigenvalue weighted by atomic mass is 32.1. The van der Waals surface area contributed by atoms with E-state index < -0.39 is 0 Å². The van der Waals surface area contributed by atoms with Crippen LogP contribution >= 0.6 is 11.3 Å². The summed E-state index contributed by atoms with van der Waals surface area (Å²) in [5, 5.41) is 17.6. The first-order valence-corrected chi connectivity index (χ1v) is 12.3. The maximum Gasteiger partial charge on any atom is 0.257 e. The van der Waals surface area contributed by atoms with Crippen LogP contribution in [0.25, 0.3) is 0 Å². The molecule has 1 aromatic heterocycles. The van der Waals surface area contributed by atoms with Gasteiger partial charge in [-0.05, 0) is 55.0 Å². The summed E-state index contributed by atoms with van der Waals surface area (Å²) < 4.78 is 5.14. The molecule has 0 saturated heterocycles. The minimum Gasteiger partial charge on any atom is -0.497 e. The van der Waals surface area contributed by atoms with E-state index in [0.29, 0.717) is 51.2 Å². The van der Waals surface area contributed by atoms with Crippen LogP contribution in [0.5, 0.6) is 5.75 Å². The molecule has 0 radical (unpaired) electrons. The van der Waals surface area contributed by atoms with Crippen molar-refractivity contribution in [1.29, 1.82) is 0 Å². The second kappa shape index (κ2) is 11.9. The average Bonchev–Trinajstić information content (AvgIpc) is 3.37. The topological polar surface area (TPSA) is 122 Å². The molecule has 3 N–H and O–H groups in total. The summed E-state index contributed by atoms with van der Waals surface area (Å²) in [5.74, 6) is -0.236. The number of ether oxygens (including phenoxy) is 1. The van der Waals surface area contributed by atoms with E-state index >= 15 is 0 Å². The third kappa shape index (κ3) is 6.77. The van der Waals surface area contributed by atoms with Crippen LogP contribution in [0.3, 0.4) is 0 Å². The molecule has 0 fully saturated rings. The first-order valence-electron chi connectivity index (χ1n) is 11.5. The number of rotatable bonds is 9. The molecule has 1 heterocycles. The Bertz CT molecular complexity index is 1420. The largest absolute Gasteiger partial charge is 0.497 e. The number of aryl methyl sites for hydroxylation is 1. The fourth-order valence-electron chi connectivity index (χ4n) is 3.41. The van der Waals surface area contributed by atoms with Gasteiger partial charge in [0.1, 0.15) is 10.8 Å². The zero-order chi connectivity index (χ0) is 26.2. The minimum absolute atomic E-state index is 0.216. The predicted octanol–water partition coefficient (Wildman–Crippen LogP) is 4.33. The average molecular weight is 516 g/mol. The molecule has 10 heteroatoms. The number of nitrogens with one attached hydrogen (secondary N) is 3. The molecule has 0 spiro atoms. The second-order valence-corrected chi connectivity index (χ2v) is 9.10. The summed E-state index contributed by atoms with van der Waals surface area (Å²) in [6.45, 7) is 2.22. The Kier molecular flexibility index (Phi) is 8.22.